The number of aliphatic imine (C=N–C) groups is 1. The summed E-state index contributed by atoms with van der Waals surface area (Å²) >= 11 is 0. The van der Waals surface area contributed by atoms with Crippen molar-refractivity contribution in [1.29, 1.82) is 0 Å². The maximum absolute atomic E-state index is 5.62. The second-order valence-corrected chi connectivity index (χ2v) is 6.03. The molecule has 1 aliphatic carbocycles. The van der Waals surface area contributed by atoms with Crippen LogP contribution in [0.5, 0.6) is 0 Å². The quantitative estimate of drug-likeness (QED) is 0.200. The fourth-order valence-corrected chi connectivity index (χ4v) is 2.34. The monoisotopic (exact) mass is 440 g/mol. The standard InChI is InChI=1S/C17H36N4O.HI/c1-4-21(5-2)13-7-6-11-19-17(18-3)20-12-8-14-22-15-16-9-10-16;/h16H,4-15H2,1-3H3,(H2,18,19,20);1H. The van der Waals surface area contributed by atoms with E-state index in [0.29, 0.717) is 0 Å². The molecule has 0 atom stereocenters. The molecule has 5 nitrogen and oxygen atoms in total. The largest absolute Gasteiger partial charge is 0.381 e. The first-order valence-corrected chi connectivity index (χ1v) is 9.04. The van der Waals surface area contributed by atoms with E-state index in [1.165, 1.54) is 32.2 Å². The van der Waals surface area contributed by atoms with E-state index in [-0.39, 0.29) is 24.0 Å². The lowest BCUT2D eigenvalue weighted by Crippen LogP contribution is -2.38. The van der Waals surface area contributed by atoms with E-state index in [2.05, 4.69) is 34.4 Å². The van der Waals surface area contributed by atoms with Gasteiger partial charge in [0.25, 0.3) is 0 Å². The van der Waals surface area contributed by atoms with Crippen LogP contribution in [0.2, 0.25) is 0 Å². The molecule has 0 aromatic carbocycles. The maximum Gasteiger partial charge on any atom is 0.190 e. The van der Waals surface area contributed by atoms with Crippen molar-refractivity contribution in [3.05, 3.63) is 0 Å². The molecule has 138 valence electrons. The summed E-state index contributed by atoms with van der Waals surface area (Å²) in [6, 6.07) is 0. The highest BCUT2D eigenvalue weighted by atomic mass is 127. The van der Waals surface area contributed by atoms with E-state index in [1.807, 2.05) is 7.05 Å². The summed E-state index contributed by atoms with van der Waals surface area (Å²) in [7, 11) is 1.83. The van der Waals surface area contributed by atoms with Crippen LogP contribution in [-0.4, -0.2) is 63.8 Å². The average Bonchev–Trinajstić information content (AvgIpc) is 3.36. The Morgan fingerprint density at radius 3 is 2.30 bits per heavy atom. The molecular weight excluding hydrogens is 403 g/mol. The lowest BCUT2D eigenvalue weighted by atomic mass is 10.3. The highest BCUT2D eigenvalue weighted by molar-refractivity contribution is 14.0. The molecule has 0 radical (unpaired) electrons. The zero-order valence-electron chi connectivity index (χ0n) is 15.3. The molecule has 0 bridgehead atoms. The number of rotatable bonds is 13. The molecule has 0 unspecified atom stereocenters. The Morgan fingerprint density at radius 2 is 1.74 bits per heavy atom. The van der Waals surface area contributed by atoms with Crippen molar-refractivity contribution >= 4 is 29.9 Å². The van der Waals surface area contributed by atoms with Gasteiger partial charge in [0.15, 0.2) is 5.96 Å². The molecule has 1 aliphatic rings. The van der Waals surface area contributed by atoms with Crippen molar-refractivity contribution in [3.8, 4) is 0 Å². The highest BCUT2D eigenvalue weighted by Crippen LogP contribution is 2.28. The SMILES string of the molecule is CCN(CC)CCCCNC(=NC)NCCCOCC1CC1.I. The van der Waals surface area contributed by atoms with Gasteiger partial charge in [0, 0.05) is 33.4 Å². The molecule has 1 rings (SSSR count). The number of unbranched alkanes of at least 4 members (excludes halogenated alkanes) is 1. The third-order valence-electron chi connectivity index (χ3n) is 4.12. The van der Waals surface area contributed by atoms with E-state index < -0.39 is 0 Å². The summed E-state index contributed by atoms with van der Waals surface area (Å²) in [6.07, 6.45) is 6.18. The summed E-state index contributed by atoms with van der Waals surface area (Å²) < 4.78 is 5.62. The lowest BCUT2D eigenvalue weighted by molar-refractivity contribution is 0.123. The Morgan fingerprint density at radius 1 is 1.09 bits per heavy atom. The Kier molecular flexibility index (Phi) is 15.4. The van der Waals surface area contributed by atoms with Crippen LogP contribution in [0, 0.1) is 5.92 Å². The van der Waals surface area contributed by atoms with Gasteiger partial charge in [-0.3, -0.25) is 4.99 Å². The molecule has 0 aromatic heterocycles. The second-order valence-electron chi connectivity index (χ2n) is 6.03. The van der Waals surface area contributed by atoms with Crippen molar-refractivity contribution in [2.75, 3.05) is 53.0 Å². The van der Waals surface area contributed by atoms with Gasteiger partial charge in [-0.2, -0.15) is 0 Å². The molecule has 0 amide bonds. The van der Waals surface area contributed by atoms with E-state index in [4.69, 9.17) is 4.74 Å². The van der Waals surface area contributed by atoms with Crippen molar-refractivity contribution in [2.45, 2.75) is 46.0 Å². The number of nitrogens with zero attached hydrogens (tertiary/aromatic N) is 2. The summed E-state index contributed by atoms with van der Waals surface area (Å²) in [4.78, 5) is 6.72. The third-order valence-corrected chi connectivity index (χ3v) is 4.12. The minimum absolute atomic E-state index is 0. The van der Waals surface area contributed by atoms with Gasteiger partial charge in [-0.05, 0) is 57.7 Å². The van der Waals surface area contributed by atoms with E-state index >= 15 is 0 Å². The van der Waals surface area contributed by atoms with Gasteiger partial charge < -0.3 is 20.3 Å². The Balaban J connectivity index is 0.00000484. The number of hydrogen-bond donors (Lipinski definition) is 2. The molecule has 6 heteroatoms. The van der Waals surface area contributed by atoms with Crippen LogP contribution in [0.1, 0.15) is 46.0 Å². The Labute approximate surface area is 160 Å². The fraction of sp³-hybridized carbons (Fsp3) is 0.941. The van der Waals surface area contributed by atoms with Gasteiger partial charge in [-0.25, -0.2) is 0 Å². The molecular formula is C17H37IN4O. The van der Waals surface area contributed by atoms with Gasteiger partial charge in [-0.1, -0.05) is 13.8 Å². The van der Waals surface area contributed by atoms with Crippen LogP contribution in [-0.2, 0) is 4.74 Å². The number of ether oxygens (including phenoxy) is 1. The molecule has 1 fully saturated rings. The summed E-state index contributed by atoms with van der Waals surface area (Å²) in [5.41, 5.74) is 0. The van der Waals surface area contributed by atoms with Crippen molar-refractivity contribution in [2.24, 2.45) is 10.9 Å². The average molecular weight is 440 g/mol. The molecule has 2 N–H and O–H groups in total. The minimum atomic E-state index is 0. The molecule has 1 saturated carbocycles. The summed E-state index contributed by atoms with van der Waals surface area (Å²) in [6.45, 7) is 11.7. The molecule has 0 spiro atoms. The predicted octanol–water partition coefficient (Wildman–Crippen LogP) is 2.71. The van der Waals surface area contributed by atoms with Gasteiger partial charge in [0.2, 0.25) is 0 Å². The minimum Gasteiger partial charge on any atom is -0.381 e. The fourth-order valence-electron chi connectivity index (χ4n) is 2.34. The van der Waals surface area contributed by atoms with E-state index in [0.717, 1.165) is 57.7 Å². The van der Waals surface area contributed by atoms with Crippen LogP contribution < -0.4 is 10.6 Å². The van der Waals surface area contributed by atoms with Gasteiger partial charge >= 0.3 is 0 Å². The number of nitrogens with one attached hydrogen (secondary N) is 2. The smallest absolute Gasteiger partial charge is 0.190 e. The lowest BCUT2D eigenvalue weighted by Gasteiger charge is -2.18. The normalized spacial score (nSPS) is 14.7. The first-order chi connectivity index (χ1) is 10.8. The molecule has 0 aliphatic heterocycles. The van der Waals surface area contributed by atoms with Gasteiger partial charge in [0.1, 0.15) is 0 Å². The van der Waals surface area contributed by atoms with Crippen molar-refractivity contribution in [3.63, 3.8) is 0 Å². The Bertz CT molecular complexity index is 294. The highest BCUT2D eigenvalue weighted by Gasteiger charge is 2.20. The van der Waals surface area contributed by atoms with E-state index in [9.17, 15) is 0 Å². The third kappa shape index (κ3) is 12.9. The van der Waals surface area contributed by atoms with Crippen LogP contribution in [0.25, 0.3) is 0 Å². The maximum atomic E-state index is 5.62. The number of guanidine groups is 1. The summed E-state index contributed by atoms with van der Waals surface area (Å²) in [5.74, 6) is 1.77. The summed E-state index contributed by atoms with van der Waals surface area (Å²) in [5, 5.41) is 6.72. The second kappa shape index (κ2) is 15.4. The predicted molar refractivity (Wildman–Crippen MR) is 110 cm³/mol. The zero-order chi connectivity index (χ0) is 16.0. The van der Waals surface area contributed by atoms with Crippen LogP contribution in [0.15, 0.2) is 4.99 Å². The zero-order valence-corrected chi connectivity index (χ0v) is 17.6. The number of hydrogen-bond acceptors (Lipinski definition) is 3. The first-order valence-electron chi connectivity index (χ1n) is 9.04. The van der Waals surface area contributed by atoms with E-state index in [1.54, 1.807) is 0 Å². The van der Waals surface area contributed by atoms with Crippen molar-refractivity contribution < 1.29 is 4.74 Å². The van der Waals surface area contributed by atoms with Gasteiger partial charge in [0.05, 0.1) is 0 Å². The number of halogens is 1. The molecule has 0 saturated heterocycles. The molecule has 23 heavy (non-hydrogen) atoms. The van der Waals surface area contributed by atoms with Gasteiger partial charge in [-0.15, -0.1) is 24.0 Å². The van der Waals surface area contributed by atoms with Crippen LogP contribution in [0.4, 0.5) is 0 Å². The van der Waals surface area contributed by atoms with Crippen LogP contribution in [0.3, 0.4) is 0 Å². The first kappa shape index (κ1) is 22.9. The molecule has 0 aromatic rings. The molecule has 0 heterocycles. The van der Waals surface area contributed by atoms with Crippen molar-refractivity contribution in [1.82, 2.24) is 15.5 Å². The Hall–Kier alpha value is -0.0800. The van der Waals surface area contributed by atoms with Crippen LogP contribution >= 0.6 is 24.0 Å². The topological polar surface area (TPSA) is 48.9 Å².